The first-order chi connectivity index (χ1) is 10.7. The predicted octanol–water partition coefficient (Wildman–Crippen LogP) is 4.22. The Bertz CT molecular complexity index is 621. The molecule has 0 spiro atoms. The quantitative estimate of drug-likeness (QED) is 0.771. The molecule has 0 aliphatic rings. The molecule has 8 heteroatoms. The number of hydrogen-bond acceptors (Lipinski definition) is 5. The maximum absolute atomic E-state index is 13.7. The van der Waals surface area contributed by atoms with Crippen molar-refractivity contribution in [1.82, 2.24) is 0 Å². The summed E-state index contributed by atoms with van der Waals surface area (Å²) < 4.78 is 37.5. The molecule has 24 heavy (non-hydrogen) atoms. The molecule has 0 unspecified atom stereocenters. The molecule has 0 saturated carbocycles. The Morgan fingerprint density at radius 3 is 1.75 bits per heavy atom. The Hall–Kier alpha value is -2.38. The highest BCUT2D eigenvalue weighted by Crippen LogP contribution is 2.30. The molecule has 0 heterocycles. The SMILES string of the molecule is CC(C)(C)OC(=O)N(C(=O)OC(C)(C)C)c1cc(F)cc(F)c1N. The molecule has 2 N–H and O–H groups in total. The van der Waals surface area contributed by atoms with Crippen molar-refractivity contribution in [2.75, 3.05) is 10.6 Å². The highest BCUT2D eigenvalue weighted by atomic mass is 19.1. The van der Waals surface area contributed by atoms with Crippen molar-refractivity contribution in [1.29, 1.82) is 0 Å². The average molecular weight is 344 g/mol. The van der Waals surface area contributed by atoms with E-state index in [9.17, 15) is 18.4 Å². The standard InChI is InChI=1S/C16H22F2N2O4/c1-15(2,3)23-13(21)20(14(22)24-16(4,5)6)11-8-9(17)7-10(18)12(11)19/h7-8H,19H2,1-6H3. The molecule has 0 radical (unpaired) electrons. The number of hydrogen-bond donors (Lipinski definition) is 1. The number of benzene rings is 1. The van der Waals surface area contributed by atoms with Gasteiger partial charge in [-0.2, -0.15) is 4.90 Å². The minimum Gasteiger partial charge on any atom is -0.443 e. The molecule has 0 fully saturated rings. The molecule has 6 nitrogen and oxygen atoms in total. The second kappa shape index (κ2) is 6.62. The number of rotatable bonds is 1. The van der Waals surface area contributed by atoms with Crippen LogP contribution in [0, 0.1) is 11.6 Å². The van der Waals surface area contributed by atoms with Crippen molar-refractivity contribution in [2.45, 2.75) is 52.7 Å². The van der Waals surface area contributed by atoms with E-state index in [0.29, 0.717) is 11.0 Å². The summed E-state index contributed by atoms with van der Waals surface area (Å²) in [6.07, 6.45) is -2.32. The molecular formula is C16H22F2N2O4. The molecule has 1 aromatic carbocycles. The summed E-state index contributed by atoms with van der Waals surface area (Å²) in [5, 5.41) is 0. The van der Waals surface area contributed by atoms with Crippen LogP contribution in [0.3, 0.4) is 0 Å². The molecule has 1 aromatic rings. The van der Waals surface area contributed by atoms with Crippen molar-refractivity contribution in [2.24, 2.45) is 0 Å². The van der Waals surface area contributed by atoms with Gasteiger partial charge in [-0.1, -0.05) is 0 Å². The summed E-state index contributed by atoms with van der Waals surface area (Å²) in [6, 6.07) is 1.30. The van der Waals surface area contributed by atoms with E-state index >= 15 is 0 Å². The van der Waals surface area contributed by atoms with E-state index in [1.165, 1.54) is 0 Å². The number of halogens is 2. The normalized spacial score (nSPS) is 11.8. The lowest BCUT2D eigenvalue weighted by molar-refractivity contribution is 0.0431. The molecule has 0 aromatic heterocycles. The Labute approximate surface area is 139 Å². The van der Waals surface area contributed by atoms with E-state index in [4.69, 9.17) is 15.2 Å². The summed E-state index contributed by atoms with van der Waals surface area (Å²) >= 11 is 0. The van der Waals surface area contributed by atoms with Crippen molar-refractivity contribution in [3.05, 3.63) is 23.8 Å². The maximum atomic E-state index is 13.7. The second-order valence-electron chi connectivity index (χ2n) is 7.12. The van der Waals surface area contributed by atoms with Gasteiger partial charge in [0.05, 0.1) is 11.4 Å². The molecule has 0 aliphatic carbocycles. The van der Waals surface area contributed by atoms with Crippen LogP contribution >= 0.6 is 0 Å². The summed E-state index contributed by atoms with van der Waals surface area (Å²) in [7, 11) is 0. The molecule has 0 saturated heterocycles. The Morgan fingerprint density at radius 1 is 0.958 bits per heavy atom. The first kappa shape index (κ1) is 19.7. The van der Waals surface area contributed by atoms with Gasteiger partial charge in [0.2, 0.25) is 0 Å². The van der Waals surface area contributed by atoms with Crippen molar-refractivity contribution >= 4 is 23.6 Å². The Balaban J connectivity index is 3.39. The minimum atomic E-state index is -1.16. The van der Waals surface area contributed by atoms with Gasteiger partial charge in [0.25, 0.3) is 0 Å². The van der Waals surface area contributed by atoms with Gasteiger partial charge in [-0.05, 0) is 41.5 Å². The zero-order valence-electron chi connectivity index (χ0n) is 14.6. The van der Waals surface area contributed by atoms with Crippen LogP contribution in [-0.2, 0) is 9.47 Å². The van der Waals surface area contributed by atoms with Crippen molar-refractivity contribution in [3.63, 3.8) is 0 Å². The van der Waals surface area contributed by atoms with Crippen molar-refractivity contribution in [3.8, 4) is 0 Å². The summed E-state index contributed by atoms with van der Waals surface area (Å²) in [6.45, 7) is 9.46. The summed E-state index contributed by atoms with van der Waals surface area (Å²) in [4.78, 5) is 25.1. The predicted molar refractivity (Wildman–Crippen MR) is 85.7 cm³/mol. The van der Waals surface area contributed by atoms with E-state index in [-0.39, 0.29) is 0 Å². The van der Waals surface area contributed by atoms with Crippen LogP contribution in [0.5, 0.6) is 0 Å². The van der Waals surface area contributed by atoms with Crippen LogP contribution in [0.2, 0.25) is 0 Å². The molecule has 1 rings (SSSR count). The minimum absolute atomic E-state index is 0.373. The molecule has 134 valence electrons. The topological polar surface area (TPSA) is 81.9 Å². The number of ether oxygens (including phenoxy) is 2. The first-order valence-corrected chi connectivity index (χ1v) is 7.22. The van der Waals surface area contributed by atoms with Gasteiger partial charge in [0.15, 0.2) is 5.82 Å². The lowest BCUT2D eigenvalue weighted by Gasteiger charge is -2.29. The highest BCUT2D eigenvalue weighted by Gasteiger charge is 2.34. The number of carbonyl (C=O) groups excluding carboxylic acids is 2. The van der Waals surface area contributed by atoms with E-state index in [0.717, 1.165) is 6.07 Å². The third-order valence-electron chi connectivity index (χ3n) is 2.47. The monoisotopic (exact) mass is 344 g/mol. The van der Waals surface area contributed by atoms with Gasteiger partial charge < -0.3 is 15.2 Å². The highest BCUT2D eigenvalue weighted by molar-refractivity contribution is 6.11. The fraction of sp³-hybridized carbons (Fsp3) is 0.500. The molecule has 0 bridgehead atoms. The molecule has 2 amide bonds. The van der Waals surface area contributed by atoms with Gasteiger partial charge in [0, 0.05) is 12.1 Å². The zero-order valence-corrected chi connectivity index (χ0v) is 14.6. The lowest BCUT2D eigenvalue weighted by atomic mass is 10.2. The van der Waals surface area contributed by atoms with Crippen molar-refractivity contribution < 1.29 is 27.8 Å². The molecule has 0 atom stereocenters. The van der Waals surface area contributed by atoms with Crippen LogP contribution < -0.4 is 10.6 Å². The third kappa shape index (κ3) is 5.36. The smallest absolute Gasteiger partial charge is 0.424 e. The van der Waals surface area contributed by atoms with Gasteiger partial charge in [-0.3, -0.25) is 0 Å². The maximum Gasteiger partial charge on any atom is 0.424 e. The fourth-order valence-electron chi connectivity index (χ4n) is 1.64. The lowest BCUT2D eigenvalue weighted by Crippen LogP contribution is -2.44. The van der Waals surface area contributed by atoms with Gasteiger partial charge in [-0.25, -0.2) is 18.4 Å². The number of carbonyl (C=O) groups is 2. The van der Waals surface area contributed by atoms with Crippen LogP contribution in [0.25, 0.3) is 0 Å². The van der Waals surface area contributed by atoms with Gasteiger partial charge >= 0.3 is 12.2 Å². The number of amides is 2. The number of imide groups is 1. The van der Waals surface area contributed by atoms with Gasteiger partial charge in [0.1, 0.15) is 17.0 Å². The van der Waals surface area contributed by atoms with Crippen LogP contribution in [0.1, 0.15) is 41.5 Å². The Kier molecular flexibility index (Phi) is 5.43. The number of nitrogens with two attached hydrogens (primary N) is 1. The van der Waals surface area contributed by atoms with Crippen LogP contribution in [0.15, 0.2) is 12.1 Å². The largest absolute Gasteiger partial charge is 0.443 e. The fourth-order valence-corrected chi connectivity index (χ4v) is 1.64. The van der Waals surface area contributed by atoms with Crippen LogP contribution in [0.4, 0.5) is 29.7 Å². The summed E-state index contributed by atoms with van der Waals surface area (Å²) in [5.41, 5.74) is 2.60. The van der Waals surface area contributed by atoms with Gasteiger partial charge in [-0.15, -0.1) is 0 Å². The second-order valence-corrected chi connectivity index (χ2v) is 7.12. The molecular weight excluding hydrogens is 322 g/mol. The molecule has 0 aliphatic heterocycles. The van der Waals surface area contributed by atoms with E-state index in [1.54, 1.807) is 41.5 Å². The van der Waals surface area contributed by atoms with E-state index in [2.05, 4.69) is 0 Å². The Morgan fingerprint density at radius 2 is 1.38 bits per heavy atom. The number of nitrogen functional groups attached to an aromatic ring is 1. The first-order valence-electron chi connectivity index (χ1n) is 7.22. The van der Waals surface area contributed by atoms with Crippen LogP contribution in [-0.4, -0.2) is 23.4 Å². The number of nitrogens with zero attached hydrogens (tertiary/aromatic N) is 1. The summed E-state index contributed by atoms with van der Waals surface area (Å²) in [5.74, 6) is -2.11. The van der Waals surface area contributed by atoms with E-state index in [1.807, 2.05) is 0 Å². The zero-order chi connectivity index (χ0) is 18.9. The number of anilines is 2. The van der Waals surface area contributed by atoms with E-state index < -0.39 is 46.4 Å². The third-order valence-corrected chi connectivity index (χ3v) is 2.47. The average Bonchev–Trinajstić information content (AvgIpc) is 2.30.